The second-order valence-corrected chi connectivity index (χ2v) is 7.54. The summed E-state index contributed by atoms with van der Waals surface area (Å²) in [6.07, 6.45) is 6.80. The number of hydrogen-bond acceptors (Lipinski definition) is 5. The number of hydrogen-bond donors (Lipinski definition) is 0. The van der Waals surface area contributed by atoms with Gasteiger partial charge in [-0.15, -0.1) is 11.3 Å². The van der Waals surface area contributed by atoms with Gasteiger partial charge >= 0.3 is 0 Å². The molecule has 6 heteroatoms. The maximum Gasteiger partial charge on any atom is 0.263 e. The van der Waals surface area contributed by atoms with Crippen LogP contribution in [0.15, 0.2) is 4.79 Å². The Bertz CT molecular complexity index is 839. The normalized spacial score (nSPS) is 18.2. The van der Waals surface area contributed by atoms with Gasteiger partial charge in [0.1, 0.15) is 17.2 Å². The third-order valence-electron chi connectivity index (χ3n) is 4.95. The first-order valence-electron chi connectivity index (χ1n) is 8.41. The summed E-state index contributed by atoms with van der Waals surface area (Å²) in [6, 6.07) is 2.13. The quantitative estimate of drug-likeness (QED) is 0.868. The maximum absolute atomic E-state index is 13.0. The molecule has 2 aliphatic rings. The molecule has 0 unspecified atom stereocenters. The summed E-state index contributed by atoms with van der Waals surface area (Å²) in [5.74, 6) is 0.754. The van der Waals surface area contributed by atoms with E-state index in [0.717, 1.165) is 48.4 Å². The van der Waals surface area contributed by atoms with Crippen LogP contribution in [-0.4, -0.2) is 27.5 Å². The van der Waals surface area contributed by atoms with E-state index in [4.69, 9.17) is 10.2 Å². The first kappa shape index (κ1) is 14.9. The Kier molecular flexibility index (Phi) is 3.92. The van der Waals surface area contributed by atoms with Gasteiger partial charge in [0.2, 0.25) is 0 Å². The lowest BCUT2D eigenvalue weighted by atomic mass is 9.97. The average Bonchev–Trinajstić information content (AvgIpc) is 3.18. The van der Waals surface area contributed by atoms with E-state index in [1.165, 1.54) is 29.7 Å². The molecular formula is C17H20N4OS. The monoisotopic (exact) mass is 328 g/mol. The van der Waals surface area contributed by atoms with E-state index >= 15 is 0 Å². The van der Waals surface area contributed by atoms with E-state index in [0.29, 0.717) is 6.54 Å². The summed E-state index contributed by atoms with van der Waals surface area (Å²) in [6.45, 7) is 2.88. The molecule has 1 aliphatic heterocycles. The van der Waals surface area contributed by atoms with Crippen molar-refractivity contribution in [1.29, 1.82) is 5.26 Å². The van der Waals surface area contributed by atoms with Gasteiger partial charge in [-0.25, -0.2) is 4.98 Å². The zero-order valence-electron chi connectivity index (χ0n) is 13.2. The van der Waals surface area contributed by atoms with Crippen LogP contribution in [0.25, 0.3) is 10.2 Å². The largest absolute Gasteiger partial charge is 0.296 e. The van der Waals surface area contributed by atoms with E-state index < -0.39 is 0 Å². The molecule has 4 rings (SSSR count). The minimum absolute atomic E-state index is 0.00912. The summed E-state index contributed by atoms with van der Waals surface area (Å²) in [7, 11) is 0. The van der Waals surface area contributed by atoms with Crippen molar-refractivity contribution in [2.45, 2.75) is 51.6 Å². The summed E-state index contributed by atoms with van der Waals surface area (Å²) in [5.41, 5.74) is 1.19. The van der Waals surface area contributed by atoms with Crippen LogP contribution in [-0.2, 0) is 25.9 Å². The van der Waals surface area contributed by atoms with Crippen LogP contribution in [0, 0.1) is 11.3 Å². The first-order chi connectivity index (χ1) is 11.3. The number of aryl methyl sites for hydroxylation is 2. The highest BCUT2D eigenvalue weighted by atomic mass is 32.1. The van der Waals surface area contributed by atoms with Crippen LogP contribution >= 0.6 is 11.3 Å². The van der Waals surface area contributed by atoms with Crippen molar-refractivity contribution in [3.8, 4) is 6.07 Å². The van der Waals surface area contributed by atoms with E-state index in [1.807, 2.05) is 0 Å². The molecule has 0 saturated carbocycles. The summed E-state index contributed by atoms with van der Waals surface area (Å²) >= 11 is 1.69. The fraction of sp³-hybridized carbons (Fsp3) is 0.588. The Morgan fingerprint density at radius 2 is 1.96 bits per heavy atom. The molecule has 0 N–H and O–H groups in total. The van der Waals surface area contributed by atoms with E-state index in [2.05, 4.69) is 11.0 Å². The van der Waals surface area contributed by atoms with Crippen molar-refractivity contribution >= 4 is 21.6 Å². The van der Waals surface area contributed by atoms with Crippen molar-refractivity contribution in [2.24, 2.45) is 0 Å². The standard InChI is InChI=1S/C17H20N4OS/c18-7-10-21-14(11-20-8-3-4-9-20)19-16-15(17(21)22)12-5-1-2-6-13(12)23-16/h1-6,8-11H2. The number of nitriles is 1. The van der Waals surface area contributed by atoms with Crippen LogP contribution in [0.3, 0.4) is 0 Å². The molecule has 0 spiro atoms. The Hall–Kier alpha value is -1.71. The lowest BCUT2D eigenvalue weighted by molar-refractivity contribution is 0.315. The van der Waals surface area contributed by atoms with Gasteiger partial charge in [0.15, 0.2) is 0 Å². The highest BCUT2D eigenvalue weighted by Crippen LogP contribution is 2.33. The molecule has 23 heavy (non-hydrogen) atoms. The third-order valence-corrected chi connectivity index (χ3v) is 6.13. The molecule has 0 bridgehead atoms. The molecule has 3 heterocycles. The second kappa shape index (κ2) is 6.06. The van der Waals surface area contributed by atoms with Crippen molar-refractivity contribution in [1.82, 2.24) is 14.5 Å². The van der Waals surface area contributed by atoms with Gasteiger partial charge in [-0.3, -0.25) is 14.3 Å². The Balaban J connectivity index is 1.86. The van der Waals surface area contributed by atoms with Crippen LogP contribution in [0.4, 0.5) is 0 Å². The zero-order valence-corrected chi connectivity index (χ0v) is 14.0. The Morgan fingerprint density at radius 1 is 1.17 bits per heavy atom. The number of rotatable bonds is 3. The van der Waals surface area contributed by atoms with Crippen molar-refractivity contribution in [2.75, 3.05) is 13.1 Å². The average molecular weight is 328 g/mol. The van der Waals surface area contributed by atoms with Crippen LogP contribution < -0.4 is 5.56 Å². The van der Waals surface area contributed by atoms with Crippen LogP contribution in [0.2, 0.25) is 0 Å². The number of likely N-dealkylation sites (tertiary alicyclic amines) is 1. The van der Waals surface area contributed by atoms with Gasteiger partial charge in [0.05, 0.1) is 18.0 Å². The summed E-state index contributed by atoms with van der Waals surface area (Å²) in [5, 5.41) is 9.92. The first-order valence-corrected chi connectivity index (χ1v) is 9.23. The van der Waals surface area contributed by atoms with E-state index in [1.54, 1.807) is 15.9 Å². The topological polar surface area (TPSA) is 61.9 Å². The molecule has 2 aromatic heterocycles. The van der Waals surface area contributed by atoms with Crippen molar-refractivity contribution in [3.63, 3.8) is 0 Å². The molecule has 0 atom stereocenters. The SMILES string of the molecule is N#CCn1c(CN2CCCC2)nc2sc3c(c2c1=O)CCCC3. The smallest absolute Gasteiger partial charge is 0.263 e. The maximum atomic E-state index is 13.0. The number of nitrogens with zero attached hydrogens (tertiary/aromatic N) is 4. The number of aromatic nitrogens is 2. The number of thiophene rings is 1. The van der Waals surface area contributed by atoms with Crippen LogP contribution in [0.5, 0.6) is 0 Å². The highest BCUT2D eigenvalue weighted by Gasteiger charge is 2.23. The van der Waals surface area contributed by atoms with Gasteiger partial charge < -0.3 is 0 Å². The molecule has 2 aromatic rings. The predicted molar refractivity (Wildman–Crippen MR) is 90.6 cm³/mol. The van der Waals surface area contributed by atoms with Crippen molar-refractivity contribution < 1.29 is 0 Å². The molecule has 1 fully saturated rings. The molecule has 0 aromatic carbocycles. The van der Waals surface area contributed by atoms with Gasteiger partial charge in [-0.1, -0.05) is 0 Å². The summed E-state index contributed by atoms with van der Waals surface area (Å²) in [4.78, 5) is 22.4. The van der Waals surface area contributed by atoms with Gasteiger partial charge in [0.25, 0.3) is 5.56 Å². The van der Waals surface area contributed by atoms with Crippen molar-refractivity contribution in [3.05, 3.63) is 26.6 Å². The minimum atomic E-state index is -0.00912. The van der Waals surface area contributed by atoms with Gasteiger partial charge in [-0.05, 0) is 57.2 Å². The van der Waals surface area contributed by atoms with Gasteiger partial charge in [0, 0.05) is 4.88 Å². The zero-order chi connectivity index (χ0) is 15.8. The highest BCUT2D eigenvalue weighted by molar-refractivity contribution is 7.18. The fourth-order valence-electron chi connectivity index (χ4n) is 3.78. The lowest BCUT2D eigenvalue weighted by Crippen LogP contribution is -2.29. The lowest BCUT2D eigenvalue weighted by Gasteiger charge is -2.17. The van der Waals surface area contributed by atoms with E-state index in [-0.39, 0.29) is 12.1 Å². The number of fused-ring (bicyclic) bond motifs is 3. The van der Waals surface area contributed by atoms with Gasteiger partial charge in [-0.2, -0.15) is 5.26 Å². The minimum Gasteiger partial charge on any atom is -0.296 e. The van der Waals surface area contributed by atoms with Crippen LogP contribution in [0.1, 0.15) is 41.9 Å². The molecule has 120 valence electrons. The molecule has 0 amide bonds. The second-order valence-electron chi connectivity index (χ2n) is 6.45. The molecule has 0 radical (unpaired) electrons. The predicted octanol–water partition coefficient (Wildman–Crippen LogP) is 2.46. The molecule has 5 nitrogen and oxygen atoms in total. The molecule has 1 aliphatic carbocycles. The van der Waals surface area contributed by atoms with E-state index in [9.17, 15) is 4.79 Å². The summed E-state index contributed by atoms with van der Waals surface area (Å²) < 4.78 is 1.60. The Morgan fingerprint density at radius 3 is 2.74 bits per heavy atom. The Labute approximate surface area is 139 Å². The molecule has 1 saturated heterocycles. The fourth-order valence-corrected chi connectivity index (χ4v) is 5.05. The molecular weight excluding hydrogens is 308 g/mol. The third kappa shape index (κ3) is 2.58.